The fraction of sp³-hybridized carbons (Fsp3) is 0.111. The van der Waals surface area contributed by atoms with Gasteiger partial charge in [-0.2, -0.15) is 5.10 Å². The number of hydrogen-bond donors (Lipinski definition) is 3. The number of amides is 3. The molecule has 0 bridgehead atoms. The number of carbonyl (C=O) groups is 2. The van der Waals surface area contributed by atoms with Crippen LogP contribution < -0.4 is 10.6 Å². The number of halogens is 1. The maximum Gasteiger partial charge on any atom is 0.341 e. The second-order valence-electron chi connectivity index (χ2n) is 5.94. The van der Waals surface area contributed by atoms with Gasteiger partial charge in [-0.1, -0.05) is 12.1 Å². The molecule has 2 aromatic carbocycles. The van der Waals surface area contributed by atoms with Gasteiger partial charge in [0.1, 0.15) is 5.82 Å². The molecule has 1 aromatic heterocycles. The number of nitrogens with zero attached hydrogens (tertiary/aromatic N) is 2. The highest BCUT2D eigenvalue weighted by Crippen LogP contribution is 2.26. The Morgan fingerprint density at radius 1 is 1.15 bits per heavy atom. The highest BCUT2D eigenvalue weighted by atomic mass is 19.1. The topological polar surface area (TPSA) is 99.2 Å². The summed E-state index contributed by atoms with van der Waals surface area (Å²) in [6, 6.07) is 9.85. The van der Waals surface area contributed by atoms with Crippen LogP contribution in [0, 0.1) is 11.7 Å². The number of nitrogens with one attached hydrogen (secondary N) is 3. The lowest BCUT2D eigenvalue weighted by Gasteiger charge is -2.27. The van der Waals surface area contributed by atoms with Crippen molar-refractivity contribution in [2.45, 2.75) is 6.04 Å². The van der Waals surface area contributed by atoms with Gasteiger partial charge in [-0.15, -0.1) is 0 Å². The molecule has 0 radical (unpaired) electrons. The van der Waals surface area contributed by atoms with Crippen LogP contribution in [0.25, 0.3) is 10.9 Å². The molecule has 0 fully saturated rings. The van der Waals surface area contributed by atoms with Crippen molar-refractivity contribution in [3.8, 4) is 0 Å². The summed E-state index contributed by atoms with van der Waals surface area (Å²) in [5.74, 6) is -1.44. The minimum Gasteiger partial charge on any atom is -0.328 e. The van der Waals surface area contributed by atoms with E-state index in [2.05, 4.69) is 25.8 Å². The second kappa shape index (κ2) is 6.40. The van der Waals surface area contributed by atoms with E-state index in [4.69, 9.17) is 0 Å². The maximum absolute atomic E-state index is 13.2. The predicted octanol–water partition coefficient (Wildman–Crippen LogP) is 2.79. The Morgan fingerprint density at radius 3 is 2.77 bits per heavy atom. The number of aromatic amines is 1. The molecule has 8 heteroatoms. The number of carbonyl (C=O) groups excluding carboxylic acids is 2. The van der Waals surface area contributed by atoms with E-state index in [-0.39, 0.29) is 11.7 Å². The van der Waals surface area contributed by atoms with E-state index in [9.17, 15) is 14.0 Å². The molecule has 4 rings (SSSR count). The maximum atomic E-state index is 13.2. The van der Waals surface area contributed by atoms with E-state index in [1.807, 2.05) is 6.07 Å². The molecule has 26 heavy (non-hydrogen) atoms. The summed E-state index contributed by atoms with van der Waals surface area (Å²) >= 11 is 0. The fourth-order valence-electron chi connectivity index (χ4n) is 2.92. The van der Waals surface area contributed by atoms with Gasteiger partial charge in [0.2, 0.25) is 5.91 Å². The molecule has 2 atom stereocenters. The Kier molecular flexibility index (Phi) is 3.92. The van der Waals surface area contributed by atoms with Crippen molar-refractivity contribution in [2.75, 3.05) is 5.32 Å². The molecular formula is C18H14FN5O2. The first kappa shape index (κ1) is 15.9. The first-order valence-corrected chi connectivity index (χ1v) is 7.94. The SMILES string of the molecule is O=C1N=CC(C(=O)Nc2ccc3[nH]ncc3c2)C(c2ccc(F)cc2)N1. The molecule has 0 saturated heterocycles. The molecule has 3 aromatic rings. The molecule has 0 spiro atoms. The van der Waals surface area contributed by atoms with Crippen LogP contribution in [-0.4, -0.2) is 28.4 Å². The number of aromatic nitrogens is 2. The largest absolute Gasteiger partial charge is 0.341 e. The Balaban J connectivity index is 1.60. The fourth-order valence-corrected chi connectivity index (χ4v) is 2.92. The standard InChI is InChI=1S/C18H14FN5O2/c19-12-3-1-10(2-4-12)16-14(9-20-18(26)23-16)17(25)22-13-5-6-15-11(7-13)8-21-24-15/h1-9,14,16H,(H,21,24)(H,22,25)(H,23,26). The molecule has 3 amide bonds. The van der Waals surface area contributed by atoms with Crippen molar-refractivity contribution in [3.63, 3.8) is 0 Å². The summed E-state index contributed by atoms with van der Waals surface area (Å²) < 4.78 is 13.2. The Bertz CT molecular complexity index is 1010. The zero-order chi connectivity index (χ0) is 18.1. The van der Waals surface area contributed by atoms with Crippen molar-refractivity contribution in [1.29, 1.82) is 0 Å². The lowest BCUT2D eigenvalue weighted by atomic mass is 9.92. The van der Waals surface area contributed by atoms with E-state index in [1.165, 1.54) is 30.5 Å². The van der Waals surface area contributed by atoms with Gasteiger partial charge in [-0.25, -0.2) is 14.2 Å². The van der Waals surface area contributed by atoms with Crippen LogP contribution in [0.1, 0.15) is 11.6 Å². The van der Waals surface area contributed by atoms with E-state index >= 15 is 0 Å². The third kappa shape index (κ3) is 3.04. The van der Waals surface area contributed by atoms with Gasteiger partial charge in [0.15, 0.2) is 0 Å². The van der Waals surface area contributed by atoms with Gasteiger partial charge in [-0.3, -0.25) is 9.89 Å². The summed E-state index contributed by atoms with van der Waals surface area (Å²) in [5.41, 5.74) is 2.09. The zero-order valence-electron chi connectivity index (χ0n) is 13.4. The molecule has 130 valence electrons. The summed E-state index contributed by atoms with van der Waals surface area (Å²) in [6.45, 7) is 0. The number of benzene rings is 2. The minimum absolute atomic E-state index is 0.328. The lowest BCUT2D eigenvalue weighted by Crippen LogP contribution is -2.42. The van der Waals surface area contributed by atoms with Crippen LogP contribution in [-0.2, 0) is 4.79 Å². The first-order chi connectivity index (χ1) is 12.6. The van der Waals surface area contributed by atoms with Gasteiger partial charge < -0.3 is 10.6 Å². The average molecular weight is 351 g/mol. The van der Waals surface area contributed by atoms with Crippen molar-refractivity contribution < 1.29 is 14.0 Å². The van der Waals surface area contributed by atoms with Gasteiger partial charge in [0.25, 0.3) is 0 Å². The summed E-state index contributed by atoms with van der Waals surface area (Å²) in [6.07, 6.45) is 2.98. The number of aliphatic imine (C=N–C) groups is 1. The van der Waals surface area contributed by atoms with Crippen LogP contribution >= 0.6 is 0 Å². The average Bonchev–Trinajstić information content (AvgIpc) is 3.10. The highest BCUT2D eigenvalue weighted by Gasteiger charge is 2.32. The number of anilines is 1. The minimum atomic E-state index is -0.724. The van der Waals surface area contributed by atoms with E-state index in [0.29, 0.717) is 11.3 Å². The molecule has 3 N–H and O–H groups in total. The smallest absolute Gasteiger partial charge is 0.328 e. The van der Waals surface area contributed by atoms with E-state index < -0.39 is 18.0 Å². The van der Waals surface area contributed by atoms with Crippen molar-refractivity contribution >= 4 is 34.7 Å². The van der Waals surface area contributed by atoms with Crippen molar-refractivity contribution in [3.05, 3.63) is 60.0 Å². The Hall–Kier alpha value is -3.55. The molecule has 2 unspecified atom stereocenters. The molecule has 1 aliphatic heterocycles. The van der Waals surface area contributed by atoms with Gasteiger partial charge in [0, 0.05) is 17.3 Å². The molecule has 0 aliphatic carbocycles. The number of rotatable bonds is 3. The van der Waals surface area contributed by atoms with Crippen LogP contribution in [0.5, 0.6) is 0 Å². The second-order valence-corrected chi connectivity index (χ2v) is 5.94. The molecular weight excluding hydrogens is 337 g/mol. The van der Waals surface area contributed by atoms with E-state index in [0.717, 1.165) is 10.9 Å². The lowest BCUT2D eigenvalue weighted by molar-refractivity contribution is -0.118. The number of urea groups is 1. The van der Waals surface area contributed by atoms with Gasteiger partial charge in [0.05, 0.1) is 23.7 Å². The van der Waals surface area contributed by atoms with Crippen LogP contribution in [0.3, 0.4) is 0 Å². The number of fused-ring (bicyclic) bond motifs is 1. The van der Waals surface area contributed by atoms with Crippen molar-refractivity contribution in [2.24, 2.45) is 10.9 Å². The predicted molar refractivity (Wildman–Crippen MR) is 94.4 cm³/mol. The molecule has 7 nitrogen and oxygen atoms in total. The highest BCUT2D eigenvalue weighted by molar-refractivity contribution is 6.06. The van der Waals surface area contributed by atoms with Crippen LogP contribution in [0.4, 0.5) is 14.9 Å². The van der Waals surface area contributed by atoms with Gasteiger partial charge >= 0.3 is 6.03 Å². The third-order valence-electron chi connectivity index (χ3n) is 4.23. The zero-order valence-corrected chi connectivity index (χ0v) is 13.4. The quantitative estimate of drug-likeness (QED) is 0.676. The Labute approximate surface area is 147 Å². The van der Waals surface area contributed by atoms with Crippen LogP contribution in [0.15, 0.2) is 53.7 Å². The number of hydrogen-bond acceptors (Lipinski definition) is 3. The number of H-pyrrole nitrogens is 1. The molecule has 1 aliphatic rings. The first-order valence-electron chi connectivity index (χ1n) is 7.94. The van der Waals surface area contributed by atoms with Crippen molar-refractivity contribution in [1.82, 2.24) is 15.5 Å². The summed E-state index contributed by atoms with van der Waals surface area (Å²) in [4.78, 5) is 28.1. The Morgan fingerprint density at radius 2 is 1.96 bits per heavy atom. The normalized spacial score (nSPS) is 19.3. The van der Waals surface area contributed by atoms with E-state index in [1.54, 1.807) is 18.3 Å². The monoisotopic (exact) mass is 351 g/mol. The summed E-state index contributed by atoms with van der Waals surface area (Å²) in [5, 5.41) is 13.1. The third-order valence-corrected chi connectivity index (χ3v) is 4.23. The summed E-state index contributed by atoms with van der Waals surface area (Å²) in [7, 11) is 0. The van der Waals surface area contributed by atoms with Crippen LogP contribution in [0.2, 0.25) is 0 Å². The van der Waals surface area contributed by atoms with Gasteiger partial charge in [-0.05, 0) is 35.9 Å². The molecule has 2 heterocycles. The molecule has 0 saturated carbocycles.